The first kappa shape index (κ1) is 37.9. The number of nitrogens with one attached hydrogen (secondary N) is 2. The lowest BCUT2D eigenvalue weighted by Crippen LogP contribution is -2.47. The molecule has 0 heterocycles. The highest BCUT2D eigenvalue weighted by molar-refractivity contribution is 7.54. The van der Waals surface area contributed by atoms with Crippen LogP contribution in [0.1, 0.15) is 39.7 Å². The first-order valence-electron chi connectivity index (χ1n) is 16.7. The van der Waals surface area contributed by atoms with Crippen LogP contribution in [0.25, 0.3) is 11.1 Å². The number of para-hydroxylation sites is 2. The molecule has 0 aliphatic carbocycles. The highest BCUT2D eigenvalue weighted by Gasteiger charge is 2.31. The Morgan fingerprint density at radius 1 is 0.700 bits per heavy atom. The summed E-state index contributed by atoms with van der Waals surface area (Å²) in [6.45, 7) is 7.21. The minimum absolute atomic E-state index is 0.0201. The molecular weight excluding hydrogens is 653 g/mol. The fraction of sp³-hybridized carbons (Fsp3) is 0.308. The predicted octanol–water partition coefficient (Wildman–Crippen LogP) is 6.86. The second-order valence-corrected chi connectivity index (χ2v) is 14.2. The molecule has 4 rings (SSSR count). The van der Waals surface area contributed by atoms with E-state index in [1.807, 2.05) is 94.4 Å². The first-order chi connectivity index (χ1) is 24.0. The molecule has 0 bridgehead atoms. The number of benzene rings is 4. The van der Waals surface area contributed by atoms with Crippen LogP contribution in [-0.2, 0) is 30.1 Å². The molecular formula is C39H46N3O7P. The number of hydrogen-bond acceptors (Lipinski definition) is 8. The van der Waals surface area contributed by atoms with Crippen LogP contribution in [0.5, 0.6) is 11.5 Å². The normalized spacial score (nSPS) is 11.9. The van der Waals surface area contributed by atoms with E-state index in [2.05, 4.69) is 10.6 Å². The van der Waals surface area contributed by atoms with Crippen LogP contribution >= 0.6 is 7.60 Å². The minimum atomic E-state index is -3.89. The molecule has 0 radical (unpaired) electrons. The fourth-order valence-corrected chi connectivity index (χ4v) is 6.91. The van der Waals surface area contributed by atoms with Crippen LogP contribution in [0.4, 0.5) is 0 Å². The topological polar surface area (TPSA) is 123 Å². The summed E-state index contributed by atoms with van der Waals surface area (Å²) in [4.78, 5) is 40.3. The molecule has 11 heteroatoms. The van der Waals surface area contributed by atoms with E-state index in [1.54, 1.807) is 53.4 Å². The van der Waals surface area contributed by atoms with Gasteiger partial charge in [-0.1, -0.05) is 91.0 Å². The van der Waals surface area contributed by atoms with Gasteiger partial charge in [-0.3, -0.25) is 19.7 Å². The summed E-state index contributed by atoms with van der Waals surface area (Å²) in [5, 5.41) is 5.90. The summed E-state index contributed by atoms with van der Waals surface area (Å²) in [5.74, 6) is -0.599. The van der Waals surface area contributed by atoms with Crippen LogP contribution < -0.4 is 19.7 Å². The molecule has 0 spiro atoms. The maximum absolute atomic E-state index is 14.2. The van der Waals surface area contributed by atoms with Gasteiger partial charge in [0.1, 0.15) is 17.8 Å². The molecule has 264 valence electrons. The van der Waals surface area contributed by atoms with E-state index in [0.717, 1.165) is 16.7 Å². The van der Waals surface area contributed by atoms with Crippen molar-refractivity contribution < 1.29 is 32.7 Å². The van der Waals surface area contributed by atoms with Crippen LogP contribution in [-0.4, -0.2) is 60.2 Å². The molecule has 4 aromatic carbocycles. The smallest absolute Gasteiger partial charge is 0.444 e. The van der Waals surface area contributed by atoms with Crippen LogP contribution in [0.2, 0.25) is 0 Å². The quantitative estimate of drug-likeness (QED) is 0.0854. The van der Waals surface area contributed by atoms with E-state index in [9.17, 15) is 18.9 Å². The van der Waals surface area contributed by atoms with Crippen LogP contribution in [0.3, 0.4) is 0 Å². The Bertz CT molecular complexity index is 1650. The second-order valence-electron chi connectivity index (χ2n) is 12.3. The van der Waals surface area contributed by atoms with Gasteiger partial charge in [0.25, 0.3) is 5.91 Å². The number of carbonyl (C=O) groups excluding carboxylic acids is 3. The molecule has 0 aromatic heterocycles. The number of hydrogen-bond donors (Lipinski definition) is 2. The third-order valence-corrected chi connectivity index (χ3v) is 9.26. The zero-order valence-electron chi connectivity index (χ0n) is 29.0. The Hall–Kier alpha value is -4.92. The van der Waals surface area contributed by atoms with Gasteiger partial charge in [-0.2, -0.15) is 0 Å². The van der Waals surface area contributed by atoms with E-state index in [-0.39, 0.29) is 50.3 Å². The summed E-state index contributed by atoms with van der Waals surface area (Å²) in [5.41, 5.74) is 2.96. The van der Waals surface area contributed by atoms with E-state index in [0.29, 0.717) is 11.5 Å². The summed E-state index contributed by atoms with van der Waals surface area (Å²) in [6, 6.07) is 34.2. The minimum Gasteiger partial charge on any atom is -0.456 e. The van der Waals surface area contributed by atoms with Crippen molar-refractivity contribution in [1.29, 1.82) is 0 Å². The molecule has 1 atom stereocenters. The largest absolute Gasteiger partial charge is 0.456 e. The van der Waals surface area contributed by atoms with Gasteiger partial charge in [0.05, 0.1) is 12.5 Å². The Morgan fingerprint density at radius 2 is 1.20 bits per heavy atom. The Labute approximate surface area is 294 Å². The van der Waals surface area contributed by atoms with Crippen molar-refractivity contribution >= 4 is 25.4 Å². The molecule has 0 aliphatic heterocycles. The lowest BCUT2D eigenvalue weighted by Gasteiger charge is -2.30. The summed E-state index contributed by atoms with van der Waals surface area (Å²) >= 11 is 0. The van der Waals surface area contributed by atoms with Gasteiger partial charge in [-0.25, -0.2) is 4.57 Å². The number of ether oxygens (including phenoxy) is 1. The van der Waals surface area contributed by atoms with Crippen molar-refractivity contribution in [2.45, 2.75) is 58.7 Å². The summed E-state index contributed by atoms with van der Waals surface area (Å²) < 4.78 is 31.2. The number of amides is 2. The third-order valence-electron chi connectivity index (χ3n) is 7.71. The maximum atomic E-state index is 14.2. The molecule has 2 N–H and O–H groups in total. The Kier molecular flexibility index (Phi) is 14.2. The Balaban J connectivity index is 1.45. The fourth-order valence-electron chi connectivity index (χ4n) is 5.42. The SMILES string of the molecule is CC(C)N(C(=O)COC(=O)CCNC(=O)[C@H](Cc1ccc(-c2ccccc2)cc1)NCP(=O)(Oc1ccccc1)Oc1ccccc1)C(C)C. The number of nitrogens with zero attached hydrogens (tertiary/aromatic N) is 1. The summed E-state index contributed by atoms with van der Waals surface area (Å²) in [6.07, 6.45) is -0.173. The van der Waals surface area contributed by atoms with E-state index < -0.39 is 25.5 Å². The maximum Gasteiger partial charge on any atom is 0.444 e. The number of esters is 1. The number of carbonyl (C=O) groups is 3. The first-order valence-corrected chi connectivity index (χ1v) is 18.5. The lowest BCUT2D eigenvalue weighted by atomic mass is 10.0. The molecule has 4 aromatic rings. The molecule has 2 amide bonds. The van der Waals surface area contributed by atoms with E-state index in [1.165, 1.54) is 0 Å². The van der Waals surface area contributed by atoms with Gasteiger partial charge >= 0.3 is 13.6 Å². The van der Waals surface area contributed by atoms with Crippen molar-refractivity contribution in [3.63, 3.8) is 0 Å². The highest BCUT2D eigenvalue weighted by atomic mass is 31.2. The molecule has 0 saturated heterocycles. The van der Waals surface area contributed by atoms with Crippen LogP contribution in [0.15, 0.2) is 115 Å². The van der Waals surface area contributed by atoms with Gasteiger partial charge in [0.2, 0.25) is 5.91 Å². The zero-order valence-corrected chi connectivity index (χ0v) is 29.9. The average molecular weight is 700 g/mol. The Morgan fingerprint density at radius 3 is 1.72 bits per heavy atom. The van der Waals surface area contributed by atoms with Crippen molar-refractivity contribution in [1.82, 2.24) is 15.5 Å². The molecule has 0 fully saturated rings. The standard InChI is InChI=1S/C39H46N3O7P/c1-29(2)42(30(3)4)37(43)27-47-38(44)24-25-40-39(45)36(26-31-20-22-33(23-21-31)32-14-8-5-9-15-32)41-28-50(46,48-34-16-10-6-11-17-34)49-35-18-12-7-13-19-35/h5-23,29-30,36,41H,24-28H2,1-4H3,(H,40,45)/t36-/m0/s1. The van der Waals surface area contributed by atoms with Crippen molar-refractivity contribution in [3.8, 4) is 22.6 Å². The van der Waals surface area contributed by atoms with Gasteiger partial charge in [0.15, 0.2) is 6.61 Å². The lowest BCUT2D eigenvalue weighted by molar-refractivity contribution is -0.153. The predicted molar refractivity (Wildman–Crippen MR) is 195 cm³/mol. The monoisotopic (exact) mass is 699 g/mol. The molecule has 50 heavy (non-hydrogen) atoms. The molecule has 0 unspecified atom stereocenters. The van der Waals surface area contributed by atoms with Crippen molar-refractivity contribution in [3.05, 3.63) is 121 Å². The number of rotatable bonds is 18. The van der Waals surface area contributed by atoms with Crippen LogP contribution in [0, 0.1) is 0 Å². The third kappa shape index (κ3) is 11.9. The molecule has 0 aliphatic rings. The van der Waals surface area contributed by atoms with Gasteiger partial charge in [-0.05, 0) is 75.1 Å². The average Bonchev–Trinajstić information content (AvgIpc) is 3.10. The van der Waals surface area contributed by atoms with Crippen molar-refractivity contribution in [2.24, 2.45) is 0 Å². The van der Waals surface area contributed by atoms with Gasteiger partial charge in [0, 0.05) is 18.6 Å². The van der Waals surface area contributed by atoms with E-state index in [4.69, 9.17) is 13.8 Å². The summed E-state index contributed by atoms with van der Waals surface area (Å²) in [7, 11) is -3.89. The second kappa shape index (κ2) is 18.7. The highest BCUT2D eigenvalue weighted by Crippen LogP contribution is 2.47. The molecule has 10 nitrogen and oxygen atoms in total. The van der Waals surface area contributed by atoms with Gasteiger partial charge in [-0.15, -0.1) is 0 Å². The molecule has 0 saturated carbocycles. The van der Waals surface area contributed by atoms with Gasteiger partial charge < -0.3 is 24.0 Å². The van der Waals surface area contributed by atoms with E-state index >= 15 is 0 Å². The van der Waals surface area contributed by atoms with Crippen molar-refractivity contribution in [2.75, 3.05) is 19.4 Å². The zero-order chi connectivity index (χ0) is 35.9.